The average molecular weight is 302 g/mol. The average Bonchev–Trinajstić information content (AvgIpc) is 2.71. The lowest BCUT2D eigenvalue weighted by Crippen LogP contribution is -2.11. The monoisotopic (exact) mass is 302 g/mol. The molecule has 0 radical (unpaired) electrons. The number of allylic oxidation sites excluding steroid dienone is 1. The molecule has 0 amide bonds. The van der Waals surface area contributed by atoms with Crippen molar-refractivity contribution in [2.45, 2.75) is 18.8 Å². The van der Waals surface area contributed by atoms with E-state index in [0.717, 1.165) is 24.9 Å². The Kier molecular flexibility index (Phi) is 4.60. The van der Waals surface area contributed by atoms with Crippen molar-refractivity contribution in [1.29, 1.82) is 5.26 Å². The second-order valence-corrected chi connectivity index (χ2v) is 6.39. The molecule has 0 aliphatic heterocycles. The number of hydrogen-bond acceptors (Lipinski definition) is 2. The van der Waals surface area contributed by atoms with E-state index in [4.69, 9.17) is 0 Å². The first kappa shape index (κ1) is 15.5. The van der Waals surface area contributed by atoms with E-state index in [9.17, 15) is 5.26 Å². The van der Waals surface area contributed by atoms with Crippen molar-refractivity contribution < 1.29 is 0 Å². The molecular weight excluding hydrogens is 280 g/mol. The summed E-state index contributed by atoms with van der Waals surface area (Å²) in [7, 11) is 4.15. The smallest absolute Gasteiger partial charge is 0.0991 e. The van der Waals surface area contributed by atoms with Crippen LogP contribution in [0.5, 0.6) is 0 Å². The third-order valence-electron chi connectivity index (χ3n) is 4.46. The summed E-state index contributed by atoms with van der Waals surface area (Å²) in [6.07, 6.45) is 6.63. The van der Waals surface area contributed by atoms with Crippen LogP contribution in [-0.4, -0.2) is 25.5 Å². The third kappa shape index (κ3) is 3.36. The first-order chi connectivity index (χ1) is 11.2. The van der Waals surface area contributed by atoms with Gasteiger partial charge in [-0.05, 0) is 61.3 Å². The highest BCUT2D eigenvalue weighted by molar-refractivity contribution is 5.50. The molecule has 1 atom stereocenters. The van der Waals surface area contributed by atoms with E-state index >= 15 is 0 Å². The van der Waals surface area contributed by atoms with E-state index in [-0.39, 0.29) is 5.92 Å². The molecule has 0 N–H and O–H groups in total. The number of nitriles is 1. The quantitative estimate of drug-likeness (QED) is 0.804. The van der Waals surface area contributed by atoms with E-state index in [0.29, 0.717) is 0 Å². The molecule has 1 unspecified atom stereocenters. The van der Waals surface area contributed by atoms with Gasteiger partial charge in [0.25, 0.3) is 0 Å². The summed E-state index contributed by atoms with van der Waals surface area (Å²) in [5.74, 6) is 0.233. The predicted molar refractivity (Wildman–Crippen MR) is 94.5 cm³/mol. The summed E-state index contributed by atoms with van der Waals surface area (Å²) in [6, 6.07) is 17.1. The molecule has 3 rings (SSSR count). The molecule has 1 aliphatic carbocycles. The van der Waals surface area contributed by atoms with Crippen LogP contribution in [0.4, 0.5) is 0 Å². The van der Waals surface area contributed by atoms with Gasteiger partial charge in [-0.25, -0.2) is 0 Å². The second-order valence-electron chi connectivity index (χ2n) is 6.39. The summed E-state index contributed by atoms with van der Waals surface area (Å²) >= 11 is 0. The number of fused-ring (bicyclic) bond motifs is 2. The van der Waals surface area contributed by atoms with Crippen LogP contribution in [0.15, 0.2) is 54.6 Å². The molecule has 0 saturated carbocycles. The van der Waals surface area contributed by atoms with Crippen LogP contribution < -0.4 is 0 Å². The van der Waals surface area contributed by atoms with E-state index in [1.807, 2.05) is 6.07 Å². The zero-order valence-corrected chi connectivity index (χ0v) is 13.8. The Morgan fingerprint density at radius 3 is 2.57 bits per heavy atom. The summed E-state index contributed by atoms with van der Waals surface area (Å²) < 4.78 is 0. The minimum atomic E-state index is 0.233. The predicted octanol–water partition coefficient (Wildman–Crippen LogP) is 3.91. The van der Waals surface area contributed by atoms with Gasteiger partial charge in [0.1, 0.15) is 0 Å². The number of hydrogen-bond donors (Lipinski definition) is 0. The maximum Gasteiger partial charge on any atom is 0.0991 e. The van der Waals surface area contributed by atoms with Crippen LogP contribution in [0.2, 0.25) is 0 Å². The fourth-order valence-corrected chi connectivity index (χ4v) is 3.30. The van der Waals surface area contributed by atoms with Crippen LogP contribution in [0.3, 0.4) is 0 Å². The first-order valence-electron chi connectivity index (χ1n) is 8.11. The lowest BCUT2D eigenvalue weighted by Gasteiger charge is -2.17. The zero-order valence-electron chi connectivity index (χ0n) is 13.8. The summed E-state index contributed by atoms with van der Waals surface area (Å²) in [5, 5.41) is 9.27. The van der Waals surface area contributed by atoms with Gasteiger partial charge >= 0.3 is 0 Å². The molecule has 0 fully saturated rings. The van der Waals surface area contributed by atoms with E-state index < -0.39 is 0 Å². The van der Waals surface area contributed by atoms with Crippen molar-refractivity contribution in [2.75, 3.05) is 20.6 Å². The fraction of sp³-hybridized carbons (Fsp3) is 0.286. The van der Waals surface area contributed by atoms with Crippen molar-refractivity contribution >= 4 is 0 Å². The Morgan fingerprint density at radius 2 is 1.83 bits per heavy atom. The number of benzene rings is 2. The van der Waals surface area contributed by atoms with E-state index in [1.165, 1.54) is 22.3 Å². The highest BCUT2D eigenvalue weighted by Gasteiger charge is 2.21. The Bertz CT molecular complexity index is 766. The summed E-state index contributed by atoms with van der Waals surface area (Å²) in [5.41, 5.74) is 6.18. The Morgan fingerprint density at radius 1 is 1.09 bits per heavy atom. The maximum absolute atomic E-state index is 9.27. The topological polar surface area (TPSA) is 27.0 Å². The molecule has 0 aromatic heterocycles. The van der Waals surface area contributed by atoms with Gasteiger partial charge < -0.3 is 4.90 Å². The van der Waals surface area contributed by atoms with Gasteiger partial charge in [0.2, 0.25) is 0 Å². The third-order valence-corrected chi connectivity index (χ3v) is 4.46. The summed E-state index contributed by atoms with van der Waals surface area (Å²) in [4.78, 5) is 2.16. The molecule has 0 saturated heterocycles. The summed E-state index contributed by atoms with van der Waals surface area (Å²) in [6.45, 7) is 0.923. The van der Waals surface area contributed by atoms with Crippen LogP contribution in [0.1, 0.15) is 33.7 Å². The maximum atomic E-state index is 9.27. The van der Waals surface area contributed by atoms with Crippen molar-refractivity contribution in [3.8, 4) is 6.07 Å². The van der Waals surface area contributed by atoms with E-state index in [1.54, 1.807) is 0 Å². The van der Waals surface area contributed by atoms with Gasteiger partial charge in [-0.3, -0.25) is 0 Å². The molecule has 2 nitrogen and oxygen atoms in total. The van der Waals surface area contributed by atoms with E-state index in [2.05, 4.69) is 73.6 Å². The Labute approximate surface area is 138 Å². The highest BCUT2D eigenvalue weighted by atomic mass is 15.0. The molecule has 2 aromatic carbocycles. The number of likely N-dealkylation sites (N-methyl/N-ethyl adjacent to an activating group) is 1. The Balaban J connectivity index is 2.10. The molecule has 0 bridgehead atoms. The van der Waals surface area contributed by atoms with Gasteiger partial charge in [-0.2, -0.15) is 5.26 Å². The number of aryl methyl sites for hydroxylation is 2. The number of nitrogens with zero attached hydrogens (tertiary/aromatic N) is 2. The molecule has 116 valence electrons. The SMILES string of the molecule is CN(C)C/C=C\C1c2ccccc2CCc2ccc(C#N)cc21. The fourth-order valence-electron chi connectivity index (χ4n) is 3.30. The van der Waals surface area contributed by atoms with Crippen molar-refractivity contribution in [3.05, 3.63) is 82.4 Å². The minimum Gasteiger partial charge on any atom is -0.306 e. The minimum absolute atomic E-state index is 0.233. The standard InChI is InChI=1S/C21H22N2/c1-23(2)13-5-8-20-19-7-4-3-6-17(19)11-12-18-10-9-16(15-22)14-21(18)20/h3-10,14,20H,11-13H2,1-2H3/b8-5-. The van der Waals surface area contributed by atoms with Crippen LogP contribution >= 0.6 is 0 Å². The largest absolute Gasteiger partial charge is 0.306 e. The molecule has 23 heavy (non-hydrogen) atoms. The first-order valence-corrected chi connectivity index (χ1v) is 8.11. The zero-order chi connectivity index (χ0) is 16.2. The van der Waals surface area contributed by atoms with Crippen molar-refractivity contribution in [1.82, 2.24) is 4.90 Å². The lowest BCUT2D eigenvalue weighted by atomic mass is 9.87. The molecule has 2 heteroatoms. The van der Waals surface area contributed by atoms with Crippen molar-refractivity contribution in [3.63, 3.8) is 0 Å². The van der Waals surface area contributed by atoms with Crippen LogP contribution in [0, 0.1) is 11.3 Å². The van der Waals surface area contributed by atoms with Crippen LogP contribution in [-0.2, 0) is 12.8 Å². The molecule has 2 aromatic rings. The van der Waals surface area contributed by atoms with Crippen molar-refractivity contribution in [2.24, 2.45) is 0 Å². The Hall–Kier alpha value is -2.37. The lowest BCUT2D eigenvalue weighted by molar-refractivity contribution is 0.456. The van der Waals surface area contributed by atoms with Gasteiger partial charge in [0, 0.05) is 12.5 Å². The molecule has 1 aliphatic rings. The van der Waals surface area contributed by atoms with Crippen LogP contribution in [0.25, 0.3) is 0 Å². The normalized spacial score (nSPS) is 16.7. The molecule has 0 spiro atoms. The molecular formula is C21H22N2. The van der Waals surface area contributed by atoms with Gasteiger partial charge in [-0.1, -0.05) is 42.5 Å². The van der Waals surface area contributed by atoms with Gasteiger partial charge in [-0.15, -0.1) is 0 Å². The number of rotatable bonds is 3. The highest BCUT2D eigenvalue weighted by Crippen LogP contribution is 2.35. The van der Waals surface area contributed by atoms with Gasteiger partial charge in [0.15, 0.2) is 0 Å². The van der Waals surface area contributed by atoms with Gasteiger partial charge in [0.05, 0.1) is 11.6 Å². The molecule has 0 heterocycles. The second kappa shape index (κ2) is 6.81.